The Balaban J connectivity index is 2.91. The maximum atomic E-state index is 12.5. The molecule has 4 nitrogen and oxygen atoms in total. The fraction of sp³-hybridized carbons (Fsp3) is 0.688. The summed E-state index contributed by atoms with van der Waals surface area (Å²) in [7, 11) is 0. The van der Waals surface area contributed by atoms with Crippen molar-refractivity contribution in [2.75, 3.05) is 6.61 Å². The van der Waals surface area contributed by atoms with Gasteiger partial charge in [0.1, 0.15) is 10.3 Å². The van der Waals surface area contributed by atoms with E-state index >= 15 is 0 Å². The molecule has 0 radical (unpaired) electrons. The second kappa shape index (κ2) is 8.85. The Hall–Kier alpha value is -0.0800. The summed E-state index contributed by atoms with van der Waals surface area (Å²) in [6.07, 6.45) is 1.98. The summed E-state index contributed by atoms with van der Waals surface area (Å²) in [5, 5.41) is 1.96. The molecule has 0 aliphatic rings. The van der Waals surface area contributed by atoms with Crippen LogP contribution in [-0.2, 0) is 26.4 Å². The largest absolute Gasteiger partial charge is 0.598 e. The number of thiophene rings is 1. The van der Waals surface area contributed by atoms with Crippen molar-refractivity contribution < 1.29 is 14.1 Å². The highest BCUT2D eigenvalue weighted by molar-refractivity contribution is 9.10. The zero-order chi connectivity index (χ0) is 17.7. The maximum absolute atomic E-state index is 12.5. The van der Waals surface area contributed by atoms with Crippen molar-refractivity contribution in [1.29, 1.82) is 0 Å². The van der Waals surface area contributed by atoms with Crippen LogP contribution in [0.1, 0.15) is 58.8 Å². The molecule has 0 aliphatic carbocycles. The van der Waals surface area contributed by atoms with Gasteiger partial charge in [-0.25, -0.2) is 0 Å². The van der Waals surface area contributed by atoms with Crippen molar-refractivity contribution in [3.63, 3.8) is 0 Å². The van der Waals surface area contributed by atoms with E-state index in [1.807, 2.05) is 39.1 Å². The Bertz CT molecular complexity index is 516. The first-order chi connectivity index (χ1) is 10.6. The number of nitrogens with one attached hydrogen (secondary N) is 1. The number of hydrogen-bond acceptors (Lipinski definition) is 5. The molecule has 1 aromatic heterocycles. The predicted molar refractivity (Wildman–Crippen MR) is 101 cm³/mol. The first kappa shape index (κ1) is 21.0. The van der Waals surface area contributed by atoms with Crippen molar-refractivity contribution in [3.8, 4) is 0 Å². The van der Waals surface area contributed by atoms with E-state index in [4.69, 9.17) is 4.74 Å². The third kappa shape index (κ3) is 6.74. The Labute approximate surface area is 154 Å². The highest BCUT2D eigenvalue weighted by atomic mass is 79.9. The van der Waals surface area contributed by atoms with Crippen LogP contribution in [-0.4, -0.2) is 21.9 Å². The Morgan fingerprint density at radius 2 is 2.09 bits per heavy atom. The van der Waals surface area contributed by atoms with Crippen LogP contribution in [0.4, 0.5) is 0 Å². The van der Waals surface area contributed by atoms with Gasteiger partial charge >= 0.3 is 5.97 Å². The topological polar surface area (TPSA) is 61.4 Å². The molecule has 1 N–H and O–H groups in total. The molecule has 0 fully saturated rings. The normalized spacial score (nSPS) is 16.0. The molecule has 2 atom stereocenters. The number of esters is 1. The summed E-state index contributed by atoms with van der Waals surface area (Å²) < 4.78 is 21.5. The van der Waals surface area contributed by atoms with Gasteiger partial charge in [-0.1, -0.05) is 13.3 Å². The molecule has 0 bridgehead atoms. The summed E-state index contributed by atoms with van der Waals surface area (Å²) in [6.45, 7) is 10.1. The molecule has 0 saturated heterocycles. The van der Waals surface area contributed by atoms with Gasteiger partial charge in [0.15, 0.2) is 0 Å². The molecule has 132 valence electrons. The molecule has 7 heteroatoms. The average Bonchev–Trinajstić information content (AvgIpc) is 2.85. The lowest BCUT2D eigenvalue weighted by Crippen LogP contribution is -2.50. The van der Waals surface area contributed by atoms with E-state index in [9.17, 15) is 9.35 Å². The van der Waals surface area contributed by atoms with Crippen molar-refractivity contribution in [3.05, 3.63) is 20.8 Å². The van der Waals surface area contributed by atoms with Crippen LogP contribution in [0.25, 0.3) is 0 Å². The Morgan fingerprint density at radius 1 is 1.43 bits per heavy atom. The number of unbranched alkanes of at least 4 members (excludes halogenated alkanes) is 1. The lowest BCUT2D eigenvalue weighted by molar-refractivity contribution is -0.145. The fourth-order valence-corrected chi connectivity index (χ4v) is 4.31. The summed E-state index contributed by atoms with van der Waals surface area (Å²) in [6, 6.07) is 1.96. The van der Waals surface area contributed by atoms with Gasteiger partial charge in [0, 0.05) is 26.1 Å². The molecule has 0 aromatic carbocycles. The summed E-state index contributed by atoms with van der Waals surface area (Å²) in [5.74, 6) is -0.274. The van der Waals surface area contributed by atoms with Crippen molar-refractivity contribution >= 4 is 44.6 Å². The van der Waals surface area contributed by atoms with E-state index in [1.165, 1.54) is 11.3 Å². The second-order valence-corrected chi connectivity index (χ2v) is 10.5. The number of carbonyl (C=O) groups excluding carboxylic acids is 1. The van der Waals surface area contributed by atoms with Gasteiger partial charge in [-0.15, -0.1) is 16.1 Å². The van der Waals surface area contributed by atoms with Gasteiger partial charge in [-0.3, -0.25) is 4.79 Å². The van der Waals surface area contributed by atoms with Crippen molar-refractivity contribution in [1.82, 2.24) is 4.72 Å². The SMILES string of the molecule is CCCCOC(=O)C[C@](C)(N[S@+]([O-])C(C)(C)C)c1cc(Br)cs1. The Morgan fingerprint density at radius 3 is 2.57 bits per heavy atom. The van der Waals surface area contributed by atoms with E-state index in [2.05, 4.69) is 27.6 Å². The highest BCUT2D eigenvalue weighted by Crippen LogP contribution is 2.34. The first-order valence-electron chi connectivity index (χ1n) is 7.68. The first-order valence-corrected chi connectivity index (χ1v) is 10.5. The van der Waals surface area contributed by atoms with E-state index in [1.54, 1.807) is 0 Å². The van der Waals surface area contributed by atoms with Gasteiger partial charge in [0.25, 0.3) is 0 Å². The minimum atomic E-state index is -1.29. The molecule has 1 rings (SSSR count). The summed E-state index contributed by atoms with van der Waals surface area (Å²) in [5.41, 5.74) is -0.724. The molecule has 0 aliphatic heterocycles. The fourth-order valence-electron chi connectivity index (χ4n) is 1.80. The number of rotatable bonds is 8. The summed E-state index contributed by atoms with van der Waals surface area (Å²) in [4.78, 5) is 13.1. The lowest BCUT2D eigenvalue weighted by atomic mass is 9.97. The van der Waals surface area contributed by atoms with Crippen LogP contribution in [0.2, 0.25) is 0 Å². The van der Waals surface area contributed by atoms with Crippen molar-refractivity contribution in [2.24, 2.45) is 0 Å². The molecular formula is C16H26BrNO3S2. The van der Waals surface area contributed by atoms with Crippen LogP contribution >= 0.6 is 27.3 Å². The third-order valence-corrected chi connectivity index (χ3v) is 6.95. The van der Waals surface area contributed by atoms with Crippen LogP contribution in [0, 0.1) is 0 Å². The smallest absolute Gasteiger partial charge is 0.308 e. The molecule has 0 spiro atoms. The maximum Gasteiger partial charge on any atom is 0.308 e. The van der Waals surface area contributed by atoms with Gasteiger partial charge in [-0.2, -0.15) is 0 Å². The predicted octanol–water partition coefficient (Wildman–Crippen LogP) is 4.51. The lowest BCUT2D eigenvalue weighted by Gasteiger charge is -2.33. The van der Waals surface area contributed by atoms with E-state index in [0.29, 0.717) is 6.61 Å². The van der Waals surface area contributed by atoms with Crippen molar-refractivity contribution in [2.45, 2.75) is 64.2 Å². The van der Waals surface area contributed by atoms with Crippen LogP contribution in [0.5, 0.6) is 0 Å². The van der Waals surface area contributed by atoms with Gasteiger partial charge < -0.3 is 9.29 Å². The zero-order valence-corrected chi connectivity index (χ0v) is 17.6. The summed E-state index contributed by atoms with van der Waals surface area (Å²) >= 11 is 3.68. The van der Waals surface area contributed by atoms with Crippen LogP contribution in [0.3, 0.4) is 0 Å². The minimum Gasteiger partial charge on any atom is -0.598 e. The number of ether oxygens (including phenoxy) is 1. The van der Waals surface area contributed by atoms with Gasteiger partial charge in [-0.05, 0) is 56.1 Å². The van der Waals surface area contributed by atoms with E-state index in [0.717, 1.165) is 22.2 Å². The van der Waals surface area contributed by atoms with Gasteiger partial charge in [0.05, 0.1) is 13.0 Å². The minimum absolute atomic E-state index is 0.144. The average molecular weight is 424 g/mol. The molecule has 0 amide bonds. The highest BCUT2D eigenvalue weighted by Gasteiger charge is 2.40. The number of halogens is 1. The molecule has 0 unspecified atom stereocenters. The zero-order valence-electron chi connectivity index (χ0n) is 14.4. The van der Waals surface area contributed by atoms with E-state index < -0.39 is 21.6 Å². The molecule has 0 saturated carbocycles. The monoisotopic (exact) mass is 423 g/mol. The number of hydrogen-bond donors (Lipinski definition) is 1. The van der Waals surface area contributed by atoms with Gasteiger partial charge in [0.2, 0.25) is 0 Å². The quantitative estimate of drug-likeness (QED) is 0.379. The third-order valence-electron chi connectivity index (χ3n) is 3.24. The van der Waals surface area contributed by atoms with Crippen LogP contribution < -0.4 is 4.72 Å². The number of carbonyl (C=O) groups is 1. The standard InChI is InChI=1S/C16H26BrNO3S2/c1-6-7-8-21-14(19)10-16(5,13-9-12(17)11-22-13)18-23(20)15(2,3)4/h9,11,18H,6-8,10H2,1-5H3/t16-,23+/m0/s1. The second-order valence-electron chi connectivity index (χ2n) is 6.70. The Kier molecular flexibility index (Phi) is 8.07. The van der Waals surface area contributed by atoms with E-state index in [-0.39, 0.29) is 12.4 Å². The molecule has 23 heavy (non-hydrogen) atoms. The molecular weight excluding hydrogens is 398 g/mol. The molecule has 1 aromatic rings. The molecule has 1 heterocycles. The van der Waals surface area contributed by atoms with Crippen LogP contribution in [0.15, 0.2) is 15.9 Å².